The van der Waals surface area contributed by atoms with Crippen LogP contribution in [0.3, 0.4) is 0 Å². The van der Waals surface area contributed by atoms with E-state index < -0.39 is 4.92 Å². The summed E-state index contributed by atoms with van der Waals surface area (Å²) in [5.74, 6) is -0.0959. The van der Waals surface area contributed by atoms with E-state index in [-0.39, 0.29) is 18.0 Å². The van der Waals surface area contributed by atoms with Crippen molar-refractivity contribution in [2.75, 3.05) is 11.4 Å². The van der Waals surface area contributed by atoms with Crippen molar-refractivity contribution in [1.82, 2.24) is 0 Å². The van der Waals surface area contributed by atoms with Crippen LogP contribution in [0.25, 0.3) is 0 Å². The molecule has 0 N–H and O–H groups in total. The molecule has 3 rings (SSSR count). The highest BCUT2D eigenvalue weighted by molar-refractivity contribution is 5.96. The Morgan fingerprint density at radius 3 is 2.68 bits per heavy atom. The van der Waals surface area contributed by atoms with Gasteiger partial charge in [-0.15, -0.1) is 0 Å². The number of aryl methyl sites for hydroxylation is 1. The minimum Gasteiger partial charge on any atom is -0.312 e. The van der Waals surface area contributed by atoms with Crippen LogP contribution in [0.5, 0.6) is 0 Å². The summed E-state index contributed by atoms with van der Waals surface area (Å²) < 4.78 is 0. The summed E-state index contributed by atoms with van der Waals surface area (Å²) in [5.41, 5.74) is 2.55. The maximum absolute atomic E-state index is 12.6. The van der Waals surface area contributed by atoms with E-state index in [9.17, 15) is 14.9 Å². The van der Waals surface area contributed by atoms with Gasteiger partial charge in [0.05, 0.1) is 11.3 Å². The third-order valence-corrected chi connectivity index (χ3v) is 3.94. The minimum absolute atomic E-state index is 0.00106. The van der Waals surface area contributed by atoms with Gasteiger partial charge in [-0.3, -0.25) is 14.9 Å². The molecule has 2 aromatic carbocycles. The third-order valence-electron chi connectivity index (χ3n) is 3.94. The molecule has 0 saturated carbocycles. The van der Waals surface area contributed by atoms with Gasteiger partial charge in [0, 0.05) is 23.9 Å². The van der Waals surface area contributed by atoms with Crippen molar-refractivity contribution in [1.29, 1.82) is 0 Å². The third kappa shape index (κ3) is 2.70. The second kappa shape index (κ2) is 5.97. The SMILES string of the molecule is O=C(Cc1ccccc1[N+](=O)[O-])N1CCCc2ccccc21. The predicted molar refractivity (Wildman–Crippen MR) is 83.9 cm³/mol. The first kappa shape index (κ1) is 14.3. The molecule has 1 aliphatic rings. The first-order valence-corrected chi connectivity index (χ1v) is 7.27. The number of benzene rings is 2. The molecule has 0 aliphatic carbocycles. The van der Waals surface area contributed by atoms with Gasteiger partial charge in [0.25, 0.3) is 5.69 Å². The topological polar surface area (TPSA) is 63.4 Å². The van der Waals surface area contributed by atoms with E-state index in [4.69, 9.17) is 0 Å². The van der Waals surface area contributed by atoms with E-state index in [1.807, 2.05) is 24.3 Å². The molecule has 0 radical (unpaired) electrons. The Morgan fingerprint density at radius 1 is 1.14 bits per heavy atom. The van der Waals surface area contributed by atoms with Crippen molar-refractivity contribution in [3.05, 3.63) is 69.8 Å². The number of carbonyl (C=O) groups is 1. The number of fused-ring (bicyclic) bond motifs is 1. The predicted octanol–water partition coefficient (Wildman–Crippen LogP) is 3.12. The summed E-state index contributed by atoms with van der Waals surface area (Å²) in [6.45, 7) is 0.663. The number of carbonyl (C=O) groups excluding carboxylic acids is 1. The highest BCUT2D eigenvalue weighted by atomic mass is 16.6. The second-order valence-corrected chi connectivity index (χ2v) is 5.34. The van der Waals surface area contributed by atoms with Gasteiger partial charge in [-0.25, -0.2) is 0 Å². The van der Waals surface area contributed by atoms with Crippen LogP contribution in [0, 0.1) is 10.1 Å². The van der Waals surface area contributed by atoms with Crippen LogP contribution >= 0.6 is 0 Å². The molecule has 0 saturated heterocycles. The second-order valence-electron chi connectivity index (χ2n) is 5.34. The molecule has 1 amide bonds. The Balaban J connectivity index is 1.86. The summed E-state index contributed by atoms with van der Waals surface area (Å²) in [7, 11) is 0. The number of para-hydroxylation sites is 2. The lowest BCUT2D eigenvalue weighted by atomic mass is 10.0. The smallest absolute Gasteiger partial charge is 0.273 e. The number of amides is 1. The molecule has 0 bridgehead atoms. The molecule has 5 heteroatoms. The highest BCUT2D eigenvalue weighted by Crippen LogP contribution is 2.28. The quantitative estimate of drug-likeness (QED) is 0.645. The number of nitro groups is 1. The van der Waals surface area contributed by atoms with E-state index in [1.54, 1.807) is 23.1 Å². The van der Waals surface area contributed by atoms with Crippen LogP contribution in [0.1, 0.15) is 17.5 Å². The molecule has 1 heterocycles. The maximum atomic E-state index is 12.6. The van der Waals surface area contributed by atoms with E-state index >= 15 is 0 Å². The van der Waals surface area contributed by atoms with Gasteiger partial charge in [-0.05, 0) is 24.5 Å². The van der Waals surface area contributed by atoms with Crippen molar-refractivity contribution < 1.29 is 9.72 Å². The van der Waals surface area contributed by atoms with Gasteiger partial charge in [0.15, 0.2) is 0 Å². The molecule has 22 heavy (non-hydrogen) atoms. The van der Waals surface area contributed by atoms with Crippen LogP contribution in [-0.4, -0.2) is 17.4 Å². The Bertz CT molecular complexity index is 727. The number of hydrogen-bond acceptors (Lipinski definition) is 3. The Morgan fingerprint density at radius 2 is 1.86 bits per heavy atom. The molecule has 2 aromatic rings. The number of rotatable bonds is 3. The van der Waals surface area contributed by atoms with E-state index in [1.165, 1.54) is 6.07 Å². The van der Waals surface area contributed by atoms with E-state index in [0.29, 0.717) is 12.1 Å². The summed E-state index contributed by atoms with van der Waals surface area (Å²) in [5, 5.41) is 11.1. The molecule has 0 spiro atoms. The number of anilines is 1. The fourth-order valence-electron chi connectivity index (χ4n) is 2.89. The Kier molecular flexibility index (Phi) is 3.87. The molecule has 0 aromatic heterocycles. The summed E-state index contributed by atoms with van der Waals surface area (Å²) >= 11 is 0. The largest absolute Gasteiger partial charge is 0.312 e. The van der Waals surface area contributed by atoms with Crippen molar-refractivity contribution in [2.45, 2.75) is 19.3 Å². The lowest BCUT2D eigenvalue weighted by Crippen LogP contribution is -2.36. The van der Waals surface area contributed by atoms with Crippen LogP contribution in [0.15, 0.2) is 48.5 Å². The first-order chi connectivity index (χ1) is 10.7. The van der Waals surface area contributed by atoms with Gasteiger partial charge in [0.1, 0.15) is 0 Å². The normalized spacial score (nSPS) is 13.5. The zero-order valence-electron chi connectivity index (χ0n) is 12.1. The monoisotopic (exact) mass is 296 g/mol. The van der Waals surface area contributed by atoms with Gasteiger partial charge < -0.3 is 4.90 Å². The van der Waals surface area contributed by atoms with Gasteiger partial charge in [-0.2, -0.15) is 0 Å². The van der Waals surface area contributed by atoms with Crippen LogP contribution in [0.2, 0.25) is 0 Å². The Labute approximate surface area is 128 Å². The molecular formula is C17H16N2O3. The molecule has 1 aliphatic heterocycles. The zero-order chi connectivity index (χ0) is 15.5. The van der Waals surface area contributed by atoms with E-state index in [0.717, 1.165) is 24.1 Å². The summed E-state index contributed by atoms with van der Waals surface area (Å²) in [4.78, 5) is 25.0. The van der Waals surface area contributed by atoms with Gasteiger partial charge in [0.2, 0.25) is 5.91 Å². The standard InChI is InChI=1S/C17H16N2O3/c20-17(12-14-7-2-4-10-16(14)19(21)22)18-11-5-8-13-6-1-3-9-15(13)18/h1-4,6-7,9-10H,5,8,11-12H2. The van der Waals surface area contributed by atoms with Crippen molar-refractivity contribution in [3.63, 3.8) is 0 Å². The fraction of sp³-hybridized carbons (Fsp3) is 0.235. The van der Waals surface area contributed by atoms with Crippen molar-refractivity contribution in [3.8, 4) is 0 Å². The van der Waals surface area contributed by atoms with Crippen LogP contribution in [0.4, 0.5) is 11.4 Å². The average Bonchev–Trinajstić information content (AvgIpc) is 2.54. The van der Waals surface area contributed by atoms with Crippen LogP contribution < -0.4 is 4.90 Å². The average molecular weight is 296 g/mol. The lowest BCUT2D eigenvalue weighted by Gasteiger charge is -2.29. The number of nitro benzene ring substituents is 1. The molecule has 0 atom stereocenters. The van der Waals surface area contributed by atoms with Gasteiger partial charge >= 0.3 is 0 Å². The van der Waals surface area contributed by atoms with Crippen molar-refractivity contribution in [2.24, 2.45) is 0 Å². The first-order valence-electron chi connectivity index (χ1n) is 7.27. The Hall–Kier alpha value is -2.69. The van der Waals surface area contributed by atoms with Gasteiger partial charge in [-0.1, -0.05) is 36.4 Å². The fourth-order valence-corrected chi connectivity index (χ4v) is 2.89. The minimum atomic E-state index is -0.438. The molecule has 112 valence electrons. The zero-order valence-corrected chi connectivity index (χ0v) is 12.1. The molecule has 5 nitrogen and oxygen atoms in total. The molecule has 0 unspecified atom stereocenters. The van der Waals surface area contributed by atoms with Crippen molar-refractivity contribution >= 4 is 17.3 Å². The highest BCUT2D eigenvalue weighted by Gasteiger charge is 2.24. The number of nitrogens with zero attached hydrogens (tertiary/aromatic N) is 2. The maximum Gasteiger partial charge on any atom is 0.273 e. The summed E-state index contributed by atoms with van der Waals surface area (Å²) in [6.07, 6.45) is 1.93. The number of hydrogen-bond donors (Lipinski definition) is 0. The lowest BCUT2D eigenvalue weighted by molar-refractivity contribution is -0.385. The van der Waals surface area contributed by atoms with Crippen LogP contribution in [-0.2, 0) is 17.6 Å². The summed E-state index contributed by atoms with van der Waals surface area (Å²) in [6, 6.07) is 14.3. The molecular weight excluding hydrogens is 280 g/mol. The molecule has 0 fully saturated rings. The van der Waals surface area contributed by atoms with E-state index in [2.05, 4.69) is 0 Å².